The fourth-order valence-corrected chi connectivity index (χ4v) is 5.55. The van der Waals surface area contributed by atoms with Crippen molar-refractivity contribution in [1.29, 1.82) is 0 Å². The van der Waals surface area contributed by atoms with Gasteiger partial charge in [-0.1, -0.05) is 13.0 Å². The Labute approximate surface area is 237 Å². The number of rotatable bonds is 8. The Hall–Kier alpha value is -4.01. The van der Waals surface area contributed by atoms with E-state index in [1.807, 2.05) is 6.92 Å². The smallest absolute Gasteiger partial charge is 0.323 e. The van der Waals surface area contributed by atoms with Crippen LogP contribution in [0.4, 0.5) is 20.6 Å². The summed E-state index contributed by atoms with van der Waals surface area (Å²) in [6, 6.07) is 8.66. The van der Waals surface area contributed by atoms with Gasteiger partial charge < -0.3 is 29.9 Å². The van der Waals surface area contributed by atoms with Crippen LogP contribution in [0.1, 0.15) is 24.2 Å². The highest BCUT2D eigenvalue weighted by Crippen LogP contribution is 2.35. The lowest BCUT2D eigenvalue weighted by Gasteiger charge is -2.38. The summed E-state index contributed by atoms with van der Waals surface area (Å²) in [5, 5.41) is 15.0. The number of nitrogens with zero attached hydrogens (tertiary/aromatic N) is 4. The summed E-state index contributed by atoms with van der Waals surface area (Å²) in [6.07, 6.45) is 2.02. The standard InChI is InChI=1S/C27H33FN6O6S/c1-17-12-34(18(2)15-35)26(36)21-6-5-7-22(31-27(37)30-20-10-8-19(28)9-11-20)25(21)40-23(17)13-33(4)41(38,39)24-14-32(3)16-29-24/h5-11,14,16-18,23,35H,12-13,15H2,1-4H3,(H2,30,31,37)/t17-,18-,23+/m0/s1. The van der Waals surface area contributed by atoms with Crippen molar-refractivity contribution in [3.8, 4) is 5.75 Å². The first-order valence-corrected chi connectivity index (χ1v) is 14.3. The number of hydrogen-bond donors (Lipinski definition) is 3. The van der Waals surface area contributed by atoms with Gasteiger partial charge in [0, 0.05) is 38.4 Å². The van der Waals surface area contributed by atoms with Gasteiger partial charge in [0.05, 0.1) is 36.8 Å². The molecule has 12 nitrogen and oxygen atoms in total. The van der Waals surface area contributed by atoms with Crippen molar-refractivity contribution in [2.24, 2.45) is 13.0 Å². The molecule has 3 atom stereocenters. The van der Waals surface area contributed by atoms with Gasteiger partial charge in [0.25, 0.3) is 15.9 Å². The number of aliphatic hydroxyl groups excluding tert-OH is 1. The Morgan fingerprint density at radius 3 is 2.59 bits per heavy atom. The Bertz CT molecular complexity index is 1510. The van der Waals surface area contributed by atoms with Gasteiger partial charge in [-0.05, 0) is 43.3 Å². The van der Waals surface area contributed by atoms with Crippen LogP contribution in [0.2, 0.25) is 0 Å². The molecule has 3 aromatic rings. The number of carbonyl (C=O) groups excluding carboxylic acids is 2. The van der Waals surface area contributed by atoms with E-state index in [1.165, 1.54) is 53.3 Å². The molecule has 0 saturated carbocycles. The van der Waals surface area contributed by atoms with Crippen LogP contribution in [0.3, 0.4) is 0 Å². The monoisotopic (exact) mass is 588 g/mol. The number of hydrogen-bond acceptors (Lipinski definition) is 7. The van der Waals surface area contributed by atoms with Crippen LogP contribution in [0.5, 0.6) is 5.75 Å². The Morgan fingerprint density at radius 1 is 1.24 bits per heavy atom. The highest BCUT2D eigenvalue weighted by Gasteiger charge is 2.36. The number of para-hydroxylation sites is 1. The molecule has 3 N–H and O–H groups in total. The number of urea groups is 1. The van der Waals surface area contributed by atoms with E-state index in [2.05, 4.69) is 15.6 Å². The van der Waals surface area contributed by atoms with Gasteiger partial charge in [-0.3, -0.25) is 4.79 Å². The molecule has 0 bridgehead atoms. The summed E-state index contributed by atoms with van der Waals surface area (Å²) in [6.45, 7) is 3.33. The number of aliphatic hydroxyl groups is 1. The van der Waals surface area contributed by atoms with Gasteiger partial charge in [-0.25, -0.2) is 22.6 Å². The van der Waals surface area contributed by atoms with Gasteiger partial charge in [0.2, 0.25) is 0 Å². The maximum Gasteiger partial charge on any atom is 0.323 e. The molecule has 0 saturated heterocycles. The molecule has 1 aliphatic rings. The molecule has 14 heteroatoms. The van der Waals surface area contributed by atoms with Crippen molar-refractivity contribution < 1.29 is 32.2 Å². The number of fused-ring (bicyclic) bond motifs is 1. The number of aryl methyl sites for hydroxylation is 1. The molecule has 4 rings (SSSR count). The zero-order valence-electron chi connectivity index (χ0n) is 23.1. The molecule has 3 amide bonds. The maximum absolute atomic E-state index is 13.6. The van der Waals surface area contributed by atoms with Crippen LogP contribution in [0.15, 0.2) is 60.0 Å². The number of aromatic nitrogens is 2. The number of ether oxygens (including phenoxy) is 1. The zero-order chi connectivity index (χ0) is 29.9. The molecule has 0 unspecified atom stereocenters. The number of sulfonamides is 1. The minimum absolute atomic E-state index is 0.0575. The quantitative estimate of drug-likeness (QED) is 0.367. The van der Waals surface area contributed by atoms with Gasteiger partial charge in [0.15, 0.2) is 10.8 Å². The van der Waals surface area contributed by atoms with Gasteiger partial charge >= 0.3 is 6.03 Å². The van der Waals surface area contributed by atoms with Crippen molar-refractivity contribution in [2.45, 2.75) is 31.0 Å². The molecule has 0 spiro atoms. The van der Waals surface area contributed by atoms with E-state index in [1.54, 1.807) is 32.2 Å². The molecule has 2 heterocycles. The summed E-state index contributed by atoms with van der Waals surface area (Å²) in [5.74, 6) is -1.20. The molecule has 41 heavy (non-hydrogen) atoms. The van der Waals surface area contributed by atoms with Crippen LogP contribution in [0.25, 0.3) is 0 Å². The molecular weight excluding hydrogens is 555 g/mol. The summed E-state index contributed by atoms with van der Waals surface area (Å²) in [4.78, 5) is 31.9. The number of carbonyl (C=O) groups is 2. The molecule has 0 fully saturated rings. The molecule has 1 aromatic heterocycles. The fourth-order valence-electron chi connectivity index (χ4n) is 4.41. The van der Waals surface area contributed by atoms with Crippen LogP contribution in [-0.4, -0.2) is 83.1 Å². The normalized spacial score (nSPS) is 18.2. The van der Waals surface area contributed by atoms with Gasteiger partial charge in [-0.15, -0.1) is 0 Å². The summed E-state index contributed by atoms with van der Waals surface area (Å²) >= 11 is 0. The third-order valence-corrected chi connectivity index (χ3v) is 8.54. The highest BCUT2D eigenvalue weighted by atomic mass is 32.2. The number of halogens is 1. The SMILES string of the molecule is C[C@H]1CN([C@@H](C)CO)C(=O)c2cccc(NC(=O)Nc3ccc(F)cc3)c2O[C@@H]1CN(C)S(=O)(=O)c1cn(C)cn1. The topological polar surface area (TPSA) is 146 Å². The Kier molecular flexibility index (Phi) is 8.95. The average Bonchev–Trinajstić information content (AvgIpc) is 3.38. The number of anilines is 2. The van der Waals surface area contributed by atoms with Gasteiger partial charge in [-0.2, -0.15) is 4.31 Å². The lowest BCUT2D eigenvalue weighted by Crippen LogP contribution is -2.50. The zero-order valence-corrected chi connectivity index (χ0v) is 23.9. The predicted octanol–water partition coefficient (Wildman–Crippen LogP) is 2.74. The lowest BCUT2D eigenvalue weighted by atomic mass is 9.99. The number of imidazole rings is 1. The number of likely N-dealkylation sites (N-methyl/N-ethyl adjacent to an activating group) is 1. The average molecular weight is 589 g/mol. The van der Waals surface area contributed by atoms with Crippen molar-refractivity contribution in [1.82, 2.24) is 18.8 Å². The van der Waals surface area contributed by atoms with E-state index >= 15 is 0 Å². The first-order chi connectivity index (χ1) is 19.4. The molecule has 0 aliphatic carbocycles. The summed E-state index contributed by atoms with van der Waals surface area (Å²) in [5.41, 5.74) is 0.647. The summed E-state index contributed by atoms with van der Waals surface area (Å²) < 4.78 is 48.7. The molecule has 2 aromatic carbocycles. The Balaban J connectivity index is 1.68. The van der Waals surface area contributed by atoms with Crippen molar-refractivity contribution >= 4 is 33.3 Å². The fraction of sp³-hybridized carbons (Fsp3) is 0.370. The third kappa shape index (κ3) is 6.66. The van der Waals surface area contributed by atoms with Crippen molar-refractivity contribution in [2.75, 3.05) is 37.4 Å². The number of amides is 3. The molecular formula is C27H33FN6O6S. The van der Waals surface area contributed by atoms with E-state index in [4.69, 9.17) is 4.74 Å². The van der Waals surface area contributed by atoms with Crippen molar-refractivity contribution in [3.05, 3.63) is 66.4 Å². The first-order valence-electron chi connectivity index (χ1n) is 12.9. The second kappa shape index (κ2) is 12.2. The number of nitrogens with one attached hydrogen (secondary N) is 2. The van der Waals surface area contributed by atoms with E-state index < -0.39 is 39.9 Å². The van der Waals surface area contributed by atoms with Crippen LogP contribution >= 0.6 is 0 Å². The minimum atomic E-state index is -3.96. The van der Waals surface area contributed by atoms with Crippen LogP contribution < -0.4 is 15.4 Å². The van der Waals surface area contributed by atoms with Gasteiger partial charge in [0.1, 0.15) is 11.9 Å². The second-order valence-electron chi connectivity index (χ2n) is 10.1. The van der Waals surface area contributed by atoms with E-state index in [-0.39, 0.29) is 47.6 Å². The highest BCUT2D eigenvalue weighted by molar-refractivity contribution is 7.89. The van der Waals surface area contributed by atoms with E-state index in [0.717, 1.165) is 4.31 Å². The second-order valence-corrected chi connectivity index (χ2v) is 12.0. The van der Waals surface area contributed by atoms with E-state index in [0.29, 0.717) is 5.69 Å². The van der Waals surface area contributed by atoms with Crippen LogP contribution in [0, 0.1) is 11.7 Å². The summed E-state index contributed by atoms with van der Waals surface area (Å²) in [7, 11) is -0.877. The largest absolute Gasteiger partial charge is 0.486 e. The first kappa shape index (κ1) is 30.0. The van der Waals surface area contributed by atoms with Crippen molar-refractivity contribution in [3.63, 3.8) is 0 Å². The molecule has 1 aliphatic heterocycles. The predicted molar refractivity (Wildman–Crippen MR) is 150 cm³/mol. The third-order valence-electron chi connectivity index (χ3n) is 6.83. The molecule has 220 valence electrons. The van der Waals surface area contributed by atoms with Crippen LogP contribution in [-0.2, 0) is 17.1 Å². The minimum Gasteiger partial charge on any atom is -0.486 e. The Morgan fingerprint density at radius 2 is 1.95 bits per heavy atom. The maximum atomic E-state index is 13.6. The van der Waals surface area contributed by atoms with E-state index in [9.17, 15) is 27.5 Å². The number of benzene rings is 2. The molecule has 0 radical (unpaired) electrons. The lowest BCUT2D eigenvalue weighted by molar-refractivity contribution is 0.0389.